The summed E-state index contributed by atoms with van der Waals surface area (Å²) in [6, 6.07) is 0. The third kappa shape index (κ3) is 8.94. The van der Waals surface area contributed by atoms with E-state index in [1.54, 1.807) is 0 Å². The third-order valence-electron chi connectivity index (χ3n) is 2.46. The van der Waals surface area contributed by atoms with Gasteiger partial charge in [0.25, 0.3) is 0 Å². The van der Waals surface area contributed by atoms with Crippen LogP contribution in [0.1, 0.15) is 46.5 Å². The van der Waals surface area contributed by atoms with Crippen molar-refractivity contribution in [3.63, 3.8) is 0 Å². The second-order valence-corrected chi connectivity index (χ2v) is 4.90. The fourth-order valence-electron chi connectivity index (χ4n) is 1.42. The number of carbonyl (C=O) groups is 1. The number of hydrogen-bond donors (Lipinski definition) is 3. The Hall–Kier alpha value is -0.810. The zero-order chi connectivity index (χ0) is 13.3. The Bertz CT molecular complexity index is 219. The monoisotopic (exact) mass is 247 g/mol. The number of carbonyl (C=O) groups excluding carboxylic acids is 1. The minimum Gasteiger partial charge on any atom is -0.447 e. The number of aliphatic hydroxyl groups excluding tert-OH is 2. The minimum absolute atomic E-state index is 0.187. The van der Waals surface area contributed by atoms with E-state index in [9.17, 15) is 4.79 Å². The molecule has 17 heavy (non-hydrogen) atoms. The molecule has 0 spiro atoms. The molecule has 1 unspecified atom stereocenters. The van der Waals surface area contributed by atoms with Crippen molar-refractivity contribution in [1.82, 2.24) is 5.32 Å². The summed E-state index contributed by atoms with van der Waals surface area (Å²) in [4.78, 5) is 11.4. The lowest BCUT2D eigenvalue weighted by molar-refractivity contribution is 0.0298. The number of nitrogens with one attached hydrogen (secondary N) is 1. The van der Waals surface area contributed by atoms with Crippen LogP contribution >= 0.6 is 0 Å². The summed E-state index contributed by atoms with van der Waals surface area (Å²) >= 11 is 0. The molecule has 102 valence electrons. The second kappa shape index (κ2) is 8.31. The molecule has 0 radical (unpaired) electrons. The summed E-state index contributed by atoms with van der Waals surface area (Å²) in [5, 5.41) is 20.3. The van der Waals surface area contributed by atoms with Gasteiger partial charge in [-0.15, -0.1) is 0 Å². The van der Waals surface area contributed by atoms with E-state index in [-0.39, 0.29) is 12.1 Å². The van der Waals surface area contributed by atoms with E-state index in [0.717, 1.165) is 25.7 Å². The van der Waals surface area contributed by atoms with Crippen LogP contribution in [-0.4, -0.2) is 41.2 Å². The van der Waals surface area contributed by atoms with Gasteiger partial charge < -0.3 is 20.3 Å². The molecular weight excluding hydrogens is 222 g/mol. The Morgan fingerprint density at radius 1 is 1.41 bits per heavy atom. The first kappa shape index (κ1) is 16.2. The lowest BCUT2D eigenvalue weighted by Gasteiger charge is -2.26. The maximum Gasteiger partial charge on any atom is 0.407 e. The van der Waals surface area contributed by atoms with Crippen LogP contribution in [0.4, 0.5) is 4.79 Å². The van der Waals surface area contributed by atoms with E-state index < -0.39 is 18.8 Å². The number of unbranched alkanes of at least 4 members (excludes halogenated alkanes) is 2. The van der Waals surface area contributed by atoms with Crippen LogP contribution in [0.25, 0.3) is 0 Å². The molecule has 0 bridgehead atoms. The van der Waals surface area contributed by atoms with E-state index in [0.29, 0.717) is 0 Å². The standard InChI is InChI=1S/C12H25NO4/c1-4-5-6-7-12(2,3)13-11(16)17-9-10(15)8-14/h10,14-15H,4-9H2,1-3H3,(H,13,16). The van der Waals surface area contributed by atoms with Gasteiger partial charge in [-0.25, -0.2) is 4.79 Å². The fourth-order valence-corrected chi connectivity index (χ4v) is 1.42. The molecule has 5 heteroatoms. The van der Waals surface area contributed by atoms with Gasteiger partial charge in [0.1, 0.15) is 12.7 Å². The van der Waals surface area contributed by atoms with Gasteiger partial charge in [-0.05, 0) is 20.3 Å². The molecule has 0 saturated heterocycles. The van der Waals surface area contributed by atoms with Gasteiger partial charge in [-0.3, -0.25) is 0 Å². The number of amides is 1. The summed E-state index contributed by atoms with van der Waals surface area (Å²) in [5.74, 6) is 0. The highest BCUT2D eigenvalue weighted by Gasteiger charge is 2.20. The van der Waals surface area contributed by atoms with Gasteiger partial charge >= 0.3 is 6.09 Å². The lowest BCUT2D eigenvalue weighted by atomic mass is 9.97. The summed E-state index contributed by atoms with van der Waals surface area (Å²) in [7, 11) is 0. The number of ether oxygens (including phenoxy) is 1. The highest BCUT2D eigenvalue weighted by Crippen LogP contribution is 2.13. The predicted molar refractivity (Wildman–Crippen MR) is 65.8 cm³/mol. The molecular formula is C12H25NO4. The smallest absolute Gasteiger partial charge is 0.407 e. The van der Waals surface area contributed by atoms with Crippen LogP contribution in [-0.2, 0) is 4.74 Å². The molecule has 0 aromatic carbocycles. The lowest BCUT2D eigenvalue weighted by Crippen LogP contribution is -2.44. The Morgan fingerprint density at radius 2 is 2.06 bits per heavy atom. The third-order valence-corrected chi connectivity index (χ3v) is 2.46. The Kier molecular flexibility index (Phi) is 7.91. The van der Waals surface area contributed by atoms with E-state index in [1.165, 1.54) is 0 Å². The van der Waals surface area contributed by atoms with Crippen molar-refractivity contribution in [3.8, 4) is 0 Å². The number of hydrogen-bond acceptors (Lipinski definition) is 4. The Labute approximate surface area is 103 Å². The van der Waals surface area contributed by atoms with Crippen molar-refractivity contribution in [1.29, 1.82) is 0 Å². The summed E-state index contributed by atoms with van der Waals surface area (Å²) in [6.07, 6.45) is 2.66. The van der Waals surface area contributed by atoms with E-state index in [1.807, 2.05) is 13.8 Å². The van der Waals surface area contributed by atoms with Crippen LogP contribution in [0.5, 0.6) is 0 Å². The fraction of sp³-hybridized carbons (Fsp3) is 0.917. The normalized spacial score (nSPS) is 13.2. The summed E-state index contributed by atoms with van der Waals surface area (Å²) in [5.41, 5.74) is -0.309. The molecule has 0 aliphatic carbocycles. The van der Waals surface area contributed by atoms with Crippen molar-refractivity contribution >= 4 is 6.09 Å². The maximum absolute atomic E-state index is 11.4. The molecule has 0 aliphatic rings. The zero-order valence-electron chi connectivity index (χ0n) is 11.0. The molecule has 5 nitrogen and oxygen atoms in total. The average Bonchev–Trinajstić information content (AvgIpc) is 2.25. The van der Waals surface area contributed by atoms with Gasteiger partial charge in [-0.2, -0.15) is 0 Å². The van der Waals surface area contributed by atoms with Crippen LogP contribution < -0.4 is 5.32 Å². The van der Waals surface area contributed by atoms with Crippen molar-refractivity contribution in [2.75, 3.05) is 13.2 Å². The van der Waals surface area contributed by atoms with Crippen LogP contribution in [0.15, 0.2) is 0 Å². The highest BCUT2D eigenvalue weighted by atomic mass is 16.6. The molecule has 0 aliphatic heterocycles. The van der Waals surface area contributed by atoms with Crippen molar-refractivity contribution in [2.24, 2.45) is 0 Å². The summed E-state index contributed by atoms with van der Waals surface area (Å²) in [6.45, 7) is 5.41. The quantitative estimate of drug-likeness (QED) is 0.567. The Morgan fingerprint density at radius 3 is 2.59 bits per heavy atom. The topological polar surface area (TPSA) is 78.8 Å². The first-order chi connectivity index (χ1) is 7.91. The molecule has 0 aromatic heterocycles. The molecule has 1 atom stereocenters. The second-order valence-electron chi connectivity index (χ2n) is 4.90. The predicted octanol–water partition coefficient (Wildman–Crippen LogP) is 1.42. The zero-order valence-corrected chi connectivity index (χ0v) is 11.0. The van der Waals surface area contributed by atoms with E-state index >= 15 is 0 Å². The van der Waals surface area contributed by atoms with Gasteiger partial charge in [-0.1, -0.05) is 26.2 Å². The molecule has 0 heterocycles. The van der Waals surface area contributed by atoms with Gasteiger partial charge in [0.15, 0.2) is 0 Å². The van der Waals surface area contributed by atoms with Gasteiger partial charge in [0.2, 0.25) is 0 Å². The molecule has 1 amide bonds. The molecule has 0 saturated carbocycles. The number of aliphatic hydroxyl groups is 2. The van der Waals surface area contributed by atoms with Crippen LogP contribution in [0.2, 0.25) is 0 Å². The molecule has 0 fully saturated rings. The van der Waals surface area contributed by atoms with Crippen molar-refractivity contribution in [3.05, 3.63) is 0 Å². The Balaban J connectivity index is 3.83. The highest BCUT2D eigenvalue weighted by molar-refractivity contribution is 5.68. The minimum atomic E-state index is -1.01. The SMILES string of the molecule is CCCCCC(C)(C)NC(=O)OCC(O)CO. The van der Waals surface area contributed by atoms with Crippen LogP contribution in [0, 0.1) is 0 Å². The van der Waals surface area contributed by atoms with Crippen LogP contribution in [0.3, 0.4) is 0 Å². The van der Waals surface area contributed by atoms with Gasteiger partial charge in [0.05, 0.1) is 6.61 Å². The first-order valence-corrected chi connectivity index (χ1v) is 6.15. The van der Waals surface area contributed by atoms with E-state index in [2.05, 4.69) is 12.2 Å². The first-order valence-electron chi connectivity index (χ1n) is 6.15. The maximum atomic E-state index is 11.4. The van der Waals surface area contributed by atoms with E-state index in [4.69, 9.17) is 14.9 Å². The average molecular weight is 247 g/mol. The number of rotatable bonds is 8. The van der Waals surface area contributed by atoms with Crippen molar-refractivity contribution in [2.45, 2.75) is 58.1 Å². The number of alkyl carbamates (subject to hydrolysis) is 1. The van der Waals surface area contributed by atoms with Crippen molar-refractivity contribution < 1.29 is 19.7 Å². The molecule has 0 aromatic rings. The van der Waals surface area contributed by atoms with Gasteiger partial charge in [0, 0.05) is 5.54 Å². The summed E-state index contributed by atoms with van der Waals surface area (Å²) < 4.78 is 4.78. The largest absolute Gasteiger partial charge is 0.447 e. The molecule has 3 N–H and O–H groups in total. The molecule has 0 rings (SSSR count).